The summed E-state index contributed by atoms with van der Waals surface area (Å²) in [6.45, 7) is 1.58. The number of piperidine rings is 1. The average molecular weight is 377 g/mol. The van der Waals surface area contributed by atoms with Crippen LogP contribution >= 0.6 is 22.7 Å². The molecule has 7 heteroatoms. The minimum absolute atomic E-state index is 0.0140. The van der Waals surface area contributed by atoms with E-state index in [4.69, 9.17) is 0 Å². The molecule has 0 radical (unpaired) electrons. The lowest BCUT2D eigenvalue weighted by Gasteiger charge is -2.30. The molecule has 2 fully saturated rings. The molecule has 1 saturated heterocycles. The summed E-state index contributed by atoms with van der Waals surface area (Å²) in [6.07, 6.45) is 8.54. The number of anilines is 1. The Hall–Kier alpha value is -1.47. The monoisotopic (exact) mass is 376 g/mol. The van der Waals surface area contributed by atoms with Crippen LogP contribution in [0.15, 0.2) is 17.5 Å². The smallest absolute Gasteiger partial charge is 0.322 e. The fourth-order valence-electron chi connectivity index (χ4n) is 3.84. The molecule has 25 heavy (non-hydrogen) atoms. The number of hydrogen-bond acceptors (Lipinski definition) is 5. The summed E-state index contributed by atoms with van der Waals surface area (Å²) in [5.74, 6) is 1.28. The number of carbonyl (C=O) groups is 1. The maximum atomic E-state index is 12.3. The van der Waals surface area contributed by atoms with Gasteiger partial charge in [0, 0.05) is 25.4 Å². The first-order chi connectivity index (χ1) is 12.3. The molecule has 1 aliphatic heterocycles. The Morgan fingerprint density at radius 3 is 2.72 bits per heavy atom. The largest absolute Gasteiger partial charge is 0.324 e. The molecule has 1 aliphatic carbocycles. The molecule has 1 N–H and O–H groups in total. The Morgan fingerprint density at radius 1 is 1.20 bits per heavy atom. The second kappa shape index (κ2) is 7.83. The molecule has 2 aromatic heterocycles. The van der Waals surface area contributed by atoms with Gasteiger partial charge in [0.05, 0.1) is 5.00 Å². The van der Waals surface area contributed by atoms with Gasteiger partial charge in [-0.15, -0.1) is 32.9 Å². The zero-order chi connectivity index (χ0) is 17.1. The second-order valence-electron chi connectivity index (χ2n) is 7.06. The summed E-state index contributed by atoms with van der Waals surface area (Å²) in [6, 6.07) is 3.90. The molecule has 0 atom stereocenters. The van der Waals surface area contributed by atoms with Crippen LogP contribution in [0.25, 0.3) is 0 Å². The maximum absolute atomic E-state index is 12.3. The van der Waals surface area contributed by atoms with E-state index in [1.807, 2.05) is 22.4 Å². The first-order valence-electron chi connectivity index (χ1n) is 9.19. The van der Waals surface area contributed by atoms with Crippen LogP contribution in [-0.2, 0) is 6.42 Å². The van der Waals surface area contributed by atoms with Gasteiger partial charge in [-0.25, -0.2) is 4.79 Å². The number of amides is 2. The predicted molar refractivity (Wildman–Crippen MR) is 102 cm³/mol. The van der Waals surface area contributed by atoms with Gasteiger partial charge in [-0.3, -0.25) is 5.32 Å². The van der Waals surface area contributed by atoms with E-state index in [-0.39, 0.29) is 6.03 Å². The minimum atomic E-state index is 0.0140. The highest BCUT2D eigenvalue weighted by Gasteiger charge is 2.27. The van der Waals surface area contributed by atoms with E-state index in [0.29, 0.717) is 5.92 Å². The van der Waals surface area contributed by atoms with Gasteiger partial charge in [0.1, 0.15) is 10.0 Å². The van der Waals surface area contributed by atoms with Crippen LogP contribution in [0, 0.1) is 5.92 Å². The zero-order valence-electron chi connectivity index (χ0n) is 14.3. The van der Waals surface area contributed by atoms with Gasteiger partial charge in [-0.2, -0.15) is 0 Å². The van der Waals surface area contributed by atoms with Crippen molar-refractivity contribution in [2.24, 2.45) is 5.92 Å². The third-order valence-corrected chi connectivity index (χ3v) is 7.20. The molecule has 134 valence electrons. The Bertz CT molecular complexity index is 686. The van der Waals surface area contributed by atoms with Crippen molar-refractivity contribution >= 4 is 33.7 Å². The summed E-state index contributed by atoms with van der Waals surface area (Å²) >= 11 is 3.35. The summed E-state index contributed by atoms with van der Waals surface area (Å²) in [5.41, 5.74) is 0. The lowest BCUT2D eigenvalue weighted by molar-refractivity contribution is 0.194. The highest BCUT2D eigenvalue weighted by Crippen LogP contribution is 2.33. The third kappa shape index (κ3) is 4.20. The van der Waals surface area contributed by atoms with Crippen LogP contribution in [0.2, 0.25) is 0 Å². The highest BCUT2D eigenvalue weighted by molar-refractivity contribution is 7.14. The molecule has 0 spiro atoms. The Kier molecular flexibility index (Phi) is 5.31. The van der Waals surface area contributed by atoms with E-state index in [2.05, 4.69) is 15.5 Å². The van der Waals surface area contributed by atoms with Crippen molar-refractivity contribution in [3.05, 3.63) is 27.5 Å². The van der Waals surface area contributed by atoms with Gasteiger partial charge in [-0.05, 0) is 36.3 Å². The summed E-state index contributed by atoms with van der Waals surface area (Å²) in [7, 11) is 0. The van der Waals surface area contributed by atoms with Crippen molar-refractivity contribution < 1.29 is 4.79 Å². The number of thiophene rings is 1. The SMILES string of the molecule is O=C(Nc1cccs1)N1CCC(c2nnc(CC3CCCC3)s2)CC1. The standard InChI is InChI=1S/C18H24N4OS2/c23-18(19-15-6-3-11-24-15)22-9-7-14(8-10-22)17-21-20-16(25-17)12-13-4-1-2-5-13/h3,6,11,13-14H,1-2,4-5,7-10,12H2,(H,19,23). The lowest BCUT2D eigenvalue weighted by atomic mass is 9.98. The number of nitrogens with zero attached hydrogens (tertiary/aromatic N) is 3. The van der Waals surface area contributed by atoms with Crippen molar-refractivity contribution in [3.63, 3.8) is 0 Å². The van der Waals surface area contributed by atoms with Gasteiger partial charge in [0.2, 0.25) is 0 Å². The van der Waals surface area contributed by atoms with E-state index in [9.17, 15) is 4.79 Å². The Morgan fingerprint density at radius 2 is 2.00 bits per heavy atom. The molecule has 0 aromatic carbocycles. The molecule has 0 bridgehead atoms. The molecular formula is C18H24N4OS2. The van der Waals surface area contributed by atoms with Gasteiger partial charge < -0.3 is 4.90 Å². The second-order valence-corrected chi connectivity index (χ2v) is 9.10. The topological polar surface area (TPSA) is 58.1 Å². The fraction of sp³-hybridized carbons (Fsp3) is 0.611. The van der Waals surface area contributed by atoms with Crippen LogP contribution in [-0.4, -0.2) is 34.2 Å². The van der Waals surface area contributed by atoms with Crippen LogP contribution in [0.4, 0.5) is 9.80 Å². The minimum Gasteiger partial charge on any atom is -0.324 e. The van der Waals surface area contributed by atoms with Crippen molar-refractivity contribution in [1.82, 2.24) is 15.1 Å². The van der Waals surface area contributed by atoms with E-state index >= 15 is 0 Å². The van der Waals surface area contributed by atoms with Gasteiger partial charge in [-0.1, -0.05) is 25.7 Å². The first-order valence-corrected chi connectivity index (χ1v) is 10.9. The molecule has 4 rings (SSSR count). The Balaban J connectivity index is 1.28. The fourth-order valence-corrected chi connectivity index (χ4v) is 5.57. The van der Waals surface area contributed by atoms with Crippen molar-refractivity contribution in [2.75, 3.05) is 18.4 Å². The number of aromatic nitrogens is 2. The van der Waals surface area contributed by atoms with E-state index in [1.165, 1.54) is 35.7 Å². The van der Waals surface area contributed by atoms with E-state index < -0.39 is 0 Å². The van der Waals surface area contributed by atoms with Crippen LogP contribution in [0.1, 0.15) is 54.5 Å². The van der Waals surface area contributed by atoms with Crippen LogP contribution in [0.3, 0.4) is 0 Å². The molecule has 2 aromatic rings. The van der Waals surface area contributed by atoms with E-state index in [0.717, 1.165) is 43.3 Å². The summed E-state index contributed by atoms with van der Waals surface area (Å²) in [5, 5.41) is 17.1. The first kappa shape index (κ1) is 17.0. The maximum Gasteiger partial charge on any atom is 0.322 e. The molecule has 1 saturated carbocycles. The van der Waals surface area contributed by atoms with Crippen molar-refractivity contribution in [2.45, 2.75) is 50.9 Å². The summed E-state index contributed by atoms with van der Waals surface area (Å²) in [4.78, 5) is 14.2. The third-order valence-electron chi connectivity index (χ3n) is 5.30. The van der Waals surface area contributed by atoms with Crippen molar-refractivity contribution in [1.29, 1.82) is 0 Å². The number of hydrogen-bond donors (Lipinski definition) is 1. The predicted octanol–water partition coefficient (Wildman–Crippen LogP) is 4.74. The number of urea groups is 1. The molecule has 5 nitrogen and oxygen atoms in total. The van der Waals surface area contributed by atoms with Gasteiger partial charge in [0.25, 0.3) is 0 Å². The lowest BCUT2D eigenvalue weighted by Crippen LogP contribution is -2.40. The molecule has 2 aliphatic rings. The molecular weight excluding hydrogens is 352 g/mol. The number of nitrogens with one attached hydrogen (secondary N) is 1. The summed E-state index contributed by atoms with van der Waals surface area (Å²) < 4.78 is 0. The average Bonchev–Trinajstić information content (AvgIpc) is 3.38. The van der Waals surface area contributed by atoms with E-state index in [1.54, 1.807) is 22.7 Å². The number of rotatable bonds is 4. The molecule has 0 unspecified atom stereocenters. The van der Waals surface area contributed by atoms with Gasteiger partial charge in [0.15, 0.2) is 0 Å². The van der Waals surface area contributed by atoms with Gasteiger partial charge >= 0.3 is 6.03 Å². The highest BCUT2D eigenvalue weighted by atomic mass is 32.1. The van der Waals surface area contributed by atoms with Crippen LogP contribution < -0.4 is 5.32 Å². The quantitative estimate of drug-likeness (QED) is 0.838. The molecule has 3 heterocycles. The van der Waals surface area contributed by atoms with Crippen molar-refractivity contribution in [3.8, 4) is 0 Å². The van der Waals surface area contributed by atoms with Crippen LogP contribution in [0.5, 0.6) is 0 Å². The normalized spacial score (nSPS) is 19.4. The number of likely N-dealkylation sites (tertiary alicyclic amines) is 1. The molecule has 2 amide bonds. The zero-order valence-corrected chi connectivity index (χ0v) is 16.0. The Labute approximate surface area is 156 Å². The number of carbonyl (C=O) groups excluding carboxylic acids is 1.